The first-order chi connectivity index (χ1) is 13.6. The van der Waals surface area contributed by atoms with Gasteiger partial charge in [-0.25, -0.2) is 5.10 Å². The quantitative estimate of drug-likeness (QED) is 0.401. The molecular weight excluding hydrogens is 376 g/mol. The first kappa shape index (κ1) is 17.6. The molecule has 4 rings (SSSR count). The van der Waals surface area contributed by atoms with E-state index in [1.54, 1.807) is 18.3 Å². The van der Waals surface area contributed by atoms with Crippen LogP contribution in [-0.2, 0) is 0 Å². The first-order valence-corrected chi connectivity index (χ1v) is 8.67. The van der Waals surface area contributed by atoms with E-state index in [9.17, 15) is 9.90 Å². The third-order valence-corrected chi connectivity index (χ3v) is 4.27. The van der Waals surface area contributed by atoms with E-state index in [1.165, 1.54) is 16.8 Å². The zero-order chi connectivity index (χ0) is 19.5. The molecule has 0 amide bonds. The van der Waals surface area contributed by atoms with Crippen molar-refractivity contribution < 1.29 is 9.90 Å². The van der Waals surface area contributed by atoms with Crippen LogP contribution < -0.4 is 5.11 Å². The van der Waals surface area contributed by atoms with Gasteiger partial charge in [-0.2, -0.15) is 20.0 Å². The van der Waals surface area contributed by atoms with E-state index in [1.807, 2.05) is 36.4 Å². The summed E-state index contributed by atoms with van der Waals surface area (Å²) in [6.07, 6.45) is 1.56. The topological polar surface area (TPSA) is 115 Å². The third-order valence-electron chi connectivity index (χ3n) is 4.01. The fraction of sp³-hybridized carbons (Fsp3) is 0. The Kier molecular flexibility index (Phi) is 4.65. The standard InChI is InChI=1S/C19H14N6O2S/c26-18(27)14-8-6-12(7-9-14)11-20-25-17(23-24-19(25)28)16-10-15(21-22-16)13-4-2-1-3-5-13/h1-11H,(H,21,22)(H,24,28)(H,26,27)/p-1/b20-11-. The van der Waals surface area contributed by atoms with E-state index < -0.39 is 5.97 Å². The van der Waals surface area contributed by atoms with E-state index in [-0.39, 0.29) is 5.56 Å². The second kappa shape index (κ2) is 7.41. The molecule has 0 radical (unpaired) electrons. The van der Waals surface area contributed by atoms with Crippen LogP contribution in [0.4, 0.5) is 0 Å². The number of nitrogens with zero attached hydrogens (tertiary/aromatic N) is 4. The second-order valence-electron chi connectivity index (χ2n) is 5.85. The molecule has 2 aromatic heterocycles. The number of benzene rings is 2. The van der Waals surface area contributed by atoms with E-state index in [4.69, 9.17) is 12.2 Å². The number of carbonyl (C=O) groups excluding carboxylic acids is 1. The Hall–Kier alpha value is -3.85. The van der Waals surface area contributed by atoms with Crippen LogP contribution in [0.1, 0.15) is 15.9 Å². The van der Waals surface area contributed by atoms with Crippen LogP contribution in [-0.4, -0.2) is 37.3 Å². The van der Waals surface area contributed by atoms with Crippen LogP contribution >= 0.6 is 12.2 Å². The summed E-state index contributed by atoms with van der Waals surface area (Å²) in [5.74, 6) is -0.751. The Labute approximate surface area is 164 Å². The molecule has 0 saturated carbocycles. The zero-order valence-corrected chi connectivity index (χ0v) is 15.2. The number of carboxylic acids is 1. The van der Waals surface area contributed by atoms with Crippen molar-refractivity contribution in [2.45, 2.75) is 0 Å². The minimum Gasteiger partial charge on any atom is -0.545 e. The number of carboxylic acid groups (broad SMARTS) is 1. The fourth-order valence-corrected chi connectivity index (χ4v) is 2.78. The molecule has 0 saturated heterocycles. The number of H-pyrrole nitrogens is 2. The van der Waals surface area contributed by atoms with Gasteiger partial charge in [0.25, 0.3) is 0 Å². The lowest BCUT2D eigenvalue weighted by molar-refractivity contribution is -0.255. The lowest BCUT2D eigenvalue weighted by Crippen LogP contribution is -2.21. The van der Waals surface area contributed by atoms with Gasteiger partial charge in [-0.15, -0.1) is 0 Å². The molecule has 28 heavy (non-hydrogen) atoms. The number of carbonyl (C=O) groups is 1. The molecule has 138 valence electrons. The normalized spacial score (nSPS) is 11.1. The molecule has 0 aliphatic carbocycles. The van der Waals surface area contributed by atoms with Crippen molar-refractivity contribution in [3.63, 3.8) is 0 Å². The number of nitrogens with one attached hydrogen (secondary N) is 2. The maximum atomic E-state index is 10.8. The highest BCUT2D eigenvalue weighted by Gasteiger charge is 2.12. The van der Waals surface area contributed by atoms with Gasteiger partial charge < -0.3 is 9.90 Å². The summed E-state index contributed by atoms with van der Waals surface area (Å²) in [7, 11) is 0. The largest absolute Gasteiger partial charge is 0.545 e. The van der Waals surface area contributed by atoms with Gasteiger partial charge in [0.1, 0.15) is 5.69 Å². The Morgan fingerprint density at radius 3 is 2.54 bits per heavy atom. The summed E-state index contributed by atoms with van der Waals surface area (Å²) in [4.78, 5) is 10.8. The average molecular weight is 389 g/mol. The highest BCUT2D eigenvalue weighted by atomic mass is 32.1. The molecule has 8 nitrogen and oxygen atoms in total. The zero-order valence-electron chi connectivity index (χ0n) is 14.4. The number of hydrogen-bond acceptors (Lipinski definition) is 6. The van der Waals surface area contributed by atoms with Crippen molar-refractivity contribution in [2.75, 3.05) is 0 Å². The molecular formula is C19H13N6O2S-. The minimum absolute atomic E-state index is 0.101. The molecule has 0 aliphatic rings. The summed E-state index contributed by atoms with van der Waals surface area (Å²) in [6, 6.07) is 17.8. The molecule has 9 heteroatoms. The predicted octanol–water partition coefficient (Wildman–Crippen LogP) is 2.24. The van der Waals surface area contributed by atoms with Gasteiger partial charge in [0, 0.05) is 5.56 Å². The summed E-state index contributed by atoms with van der Waals surface area (Å²) < 4.78 is 1.78. The highest BCUT2D eigenvalue weighted by molar-refractivity contribution is 7.71. The van der Waals surface area contributed by atoms with Crippen molar-refractivity contribution >= 4 is 24.4 Å². The van der Waals surface area contributed by atoms with Crippen molar-refractivity contribution in [2.24, 2.45) is 5.10 Å². The average Bonchev–Trinajstić information content (AvgIpc) is 3.34. The summed E-state index contributed by atoms with van der Waals surface area (Å²) in [6.45, 7) is 0. The first-order valence-electron chi connectivity index (χ1n) is 8.26. The number of rotatable bonds is 5. The molecule has 0 spiro atoms. The number of aromatic nitrogens is 5. The third kappa shape index (κ3) is 3.51. The van der Waals surface area contributed by atoms with Crippen LogP contribution in [0.25, 0.3) is 22.8 Å². The summed E-state index contributed by atoms with van der Waals surface area (Å²) in [5.41, 5.74) is 3.20. The molecule has 0 fully saturated rings. The molecule has 2 aromatic carbocycles. The van der Waals surface area contributed by atoms with Gasteiger partial charge in [0.15, 0.2) is 0 Å². The van der Waals surface area contributed by atoms with E-state index >= 15 is 0 Å². The van der Waals surface area contributed by atoms with Crippen molar-refractivity contribution in [3.05, 3.63) is 76.6 Å². The van der Waals surface area contributed by atoms with Gasteiger partial charge in [-0.1, -0.05) is 54.6 Å². The van der Waals surface area contributed by atoms with E-state index in [0.29, 0.717) is 21.9 Å². The van der Waals surface area contributed by atoms with Crippen LogP contribution in [0.2, 0.25) is 0 Å². The molecule has 2 N–H and O–H groups in total. The number of aromatic carboxylic acids is 1. The monoisotopic (exact) mass is 389 g/mol. The Bertz CT molecular complexity index is 1210. The van der Waals surface area contributed by atoms with E-state index in [2.05, 4.69) is 25.5 Å². The summed E-state index contributed by atoms with van der Waals surface area (Å²) >= 11 is 5.25. The molecule has 0 atom stereocenters. The van der Waals surface area contributed by atoms with Crippen LogP contribution in [0.3, 0.4) is 0 Å². The van der Waals surface area contributed by atoms with Crippen LogP contribution in [0.15, 0.2) is 65.8 Å². The Morgan fingerprint density at radius 1 is 1.07 bits per heavy atom. The maximum absolute atomic E-state index is 10.8. The lowest BCUT2D eigenvalue weighted by Gasteiger charge is -2.02. The molecule has 4 aromatic rings. The van der Waals surface area contributed by atoms with Gasteiger partial charge in [0.2, 0.25) is 10.6 Å². The minimum atomic E-state index is -1.23. The summed E-state index contributed by atoms with van der Waals surface area (Å²) in [5, 5.41) is 29.4. The van der Waals surface area contributed by atoms with Gasteiger partial charge in [0.05, 0.1) is 17.9 Å². The smallest absolute Gasteiger partial charge is 0.216 e. The molecule has 0 bridgehead atoms. The lowest BCUT2D eigenvalue weighted by atomic mass is 10.1. The fourth-order valence-electron chi connectivity index (χ4n) is 2.60. The van der Waals surface area contributed by atoms with Crippen molar-refractivity contribution in [1.29, 1.82) is 0 Å². The van der Waals surface area contributed by atoms with Gasteiger partial charge >= 0.3 is 0 Å². The molecule has 2 heterocycles. The van der Waals surface area contributed by atoms with Gasteiger partial charge in [-0.3, -0.25) is 5.10 Å². The maximum Gasteiger partial charge on any atom is 0.216 e. The molecule has 0 unspecified atom stereocenters. The van der Waals surface area contributed by atoms with E-state index in [0.717, 1.165) is 11.3 Å². The number of hydrogen-bond donors (Lipinski definition) is 2. The number of aromatic amines is 2. The SMILES string of the molecule is O=C([O-])c1ccc(/C=N\n2c(-c3cc(-c4ccccc4)n[nH]3)n[nH]c2=S)cc1. The highest BCUT2D eigenvalue weighted by Crippen LogP contribution is 2.22. The van der Waals surface area contributed by atoms with Crippen LogP contribution in [0, 0.1) is 4.77 Å². The Balaban J connectivity index is 1.64. The van der Waals surface area contributed by atoms with Crippen molar-refractivity contribution in [3.8, 4) is 22.8 Å². The van der Waals surface area contributed by atoms with Crippen LogP contribution in [0.5, 0.6) is 0 Å². The molecule has 0 aliphatic heterocycles. The predicted molar refractivity (Wildman–Crippen MR) is 104 cm³/mol. The van der Waals surface area contributed by atoms with Gasteiger partial charge in [-0.05, 0) is 29.4 Å². The Morgan fingerprint density at radius 2 is 1.82 bits per heavy atom. The second-order valence-corrected chi connectivity index (χ2v) is 6.24. The van der Waals surface area contributed by atoms with Crippen molar-refractivity contribution in [1.82, 2.24) is 25.1 Å².